The molecule has 1 aliphatic carbocycles. The average Bonchev–Trinajstić information content (AvgIpc) is 3.24. The van der Waals surface area contributed by atoms with Gasteiger partial charge in [-0.3, -0.25) is 9.59 Å². The van der Waals surface area contributed by atoms with E-state index in [9.17, 15) is 9.59 Å². The fourth-order valence-corrected chi connectivity index (χ4v) is 2.72. The van der Waals surface area contributed by atoms with Crippen molar-refractivity contribution in [2.45, 2.75) is 25.3 Å². The molecule has 1 aromatic carbocycles. The highest BCUT2D eigenvalue weighted by Gasteiger charge is 2.33. The number of halogens is 1. The summed E-state index contributed by atoms with van der Waals surface area (Å²) in [4.78, 5) is 26.3. The van der Waals surface area contributed by atoms with Crippen LogP contribution in [0.5, 0.6) is 0 Å². The second-order valence-electron chi connectivity index (χ2n) is 5.85. The van der Waals surface area contributed by atoms with Crippen LogP contribution in [0.15, 0.2) is 24.3 Å². The first-order chi connectivity index (χ1) is 10.2. The minimum Gasteiger partial charge on any atom is -0.348 e. The van der Waals surface area contributed by atoms with Gasteiger partial charge in [-0.05, 0) is 37.9 Å². The largest absolute Gasteiger partial charge is 0.348 e. The zero-order valence-electron chi connectivity index (χ0n) is 12.7. The van der Waals surface area contributed by atoms with Crippen LogP contribution in [0.3, 0.4) is 0 Å². The maximum Gasteiger partial charge on any atom is 0.253 e. The lowest BCUT2D eigenvalue weighted by Crippen LogP contribution is -2.37. The van der Waals surface area contributed by atoms with Gasteiger partial charge in [0.25, 0.3) is 5.91 Å². The molecule has 1 heterocycles. The van der Waals surface area contributed by atoms with E-state index in [4.69, 9.17) is 0 Å². The van der Waals surface area contributed by atoms with Gasteiger partial charge in [0.2, 0.25) is 5.91 Å². The standard InChI is InChI=1S/C16H21N3O2.ClH/c1-19(16(21)11-6-7-11)14-5-3-2-4-13(14)15(20)18-12-8-9-17-10-12;/h2-5,11-12,17H,6-10H2,1H3,(H,18,20);1H. The fraction of sp³-hybridized carbons (Fsp3) is 0.500. The second kappa shape index (κ2) is 7.11. The van der Waals surface area contributed by atoms with Crippen LogP contribution >= 0.6 is 12.4 Å². The lowest BCUT2D eigenvalue weighted by Gasteiger charge is -2.21. The highest BCUT2D eigenvalue weighted by atomic mass is 35.5. The number of amides is 2. The van der Waals surface area contributed by atoms with E-state index in [1.165, 1.54) is 0 Å². The van der Waals surface area contributed by atoms with Crippen LogP contribution in [0, 0.1) is 5.92 Å². The molecule has 120 valence electrons. The smallest absolute Gasteiger partial charge is 0.253 e. The second-order valence-corrected chi connectivity index (χ2v) is 5.85. The van der Waals surface area contributed by atoms with Gasteiger partial charge in [-0.25, -0.2) is 0 Å². The zero-order chi connectivity index (χ0) is 14.8. The van der Waals surface area contributed by atoms with Gasteiger partial charge in [-0.15, -0.1) is 12.4 Å². The molecule has 6 heteroatoms. The number of benzene rings is 1. The summed E-state index contributed by atoms with van der Waals surface area (Å²) in [6.45, 7) is 1.75. The maximum atomic E-state index is 12.5. The van der Waals surface area contributed by atoms with Crippen molar-refractivity contribution >= 4 is 29.9 Å². The molecule has 3 rings (SSSR count). The molecule has 2 amide bonds. The number of nitrogens with zero attached hydrogens (tertiary/aromatic N) is 1. The summed E-state index contributed by atoms with van der Waals surface area (Å²) >= 11 is 0. The summed E-state index contributed by atoms with van der Waals surface area (Å²) in [5, 5.41) is 6.26. The van der Waals surface area contributed by atoms with Crippen LogP contribution in [0.1, 0.15) is 29.6 Å². The van der Waals surface area contributed by atoms with Gasteiger partial charge in [0.1, 0.15) is 0 Å². The molecule has 1 atom stereocenters. The highest BCUT2D eigenvalue weighted by Crippen LogP contribution is 2.33. The predicted octanol–water partition coefficient (Wildman–Crippen LogP) is 1.57. The van der Waals surface area contributed by atoms with E-state index in [-0.39, 0.29) is 36.2 Å². The molecular weight excluding hydrogens is 302 g/mol. The molecule has 22 heavy (non-hydrogen) atoms. The number of anilines is 1. The fourth-order valence-electron chi connectivity index (χ4n) is 2.72. The minimum atomic E-state index is -0.102. The van der Waals surface area contributed by atoms with E-state index in [1.807, 2.05) is 18.2 Å². The molecule has 1 unspecified atom stereocenters. The first-order valence-electron chi connectivity index (χ1n) is 7.55. The van der Waals surface area contributed by atoms with Crippen LogP contribution in [0.4, 0.5) is 5.69 Å². The van der Waals surface area contributed by atoms with Crippen molar-refractivity contribution < 1.29 is 9.59 Å². The van der Waals surface area contributed by atoms with E-state index in [2.05, 4.69) is 10.6 Å². The van der Waals surface area contributed by atoms with Crippen molar-refractivity contribution in [3.63, 3.8) is 0 Å². The van der Waals surface area contributed by atoms with Crippen LogP contribution in [-0.4, -0.2) is 38.0 Å². The van der Waals surface area contributed by atoms with Gasteiger partial charge >= 0.3 is 0 Å². The lowest BCUT2D eigenvalue weighted by atomic mass is 10.1. The Morgan fingerprint density at radius 2 is 1.95 bits per heavy atom. The Bertz CT molecular complexity index is 554. The first kappa shape index (κ1) is 16.8. The Hall–Kier alpha value is -1.59. The molecule has 1 aromatic rings. The van der Waals surface area contributed by atoms with Crippen LogP contribution < -0.4 is 15.5 Å². The first-order valence-corrected chi connectivity index (χ1v) is 7.55. The van der Waals surface area contributed by atoms with E-state index in [0.717, 1.165) is 32.4 Å². The number of nitrogens with one attached hydrogen (secondary N) is 2. The topological polar surface area (TPSA) is 61.4 Å². The number of para-hydroxylation sites is 1. The van der Waals surface area contributed by atoms with Crippen molar-refractivity contribution in [3.8, 4) is 0 Å². The van der Waals surface area contributed by atoms with Gasteiger partial charge in [0.15, 0.2) is 0 Å². The summed E-state index contributed by atoms with van der Waals surface area (Å²) in [6, 6.07) is 7.49. The highest BCUT2D eigenvalue weighted by molar-refractivity contribution is 6.05. The summed E-state index contributed by atoms with van der Waals surface area (Å²) < 4.78 is 0. The van der Waals surface area contributed by atoms with E-state index in [0.29, 0.717) is 11.3 Å². The molecule has 1 saturated carbocycles. The maximum absolute atomic E-state index is 12.5. The molecule has 0 spiro atoms. The Labute approximate surface area is 136 Å². The Morgan fingerprint density at radius 1 is 1.23 bits per heavy atom. The molecule has 1 saturated heterocycles. The van der Waals surface area contributed by atoms with E-state index in [1.54, 1.807) is 18.0 Å². The van der Waals surface area contributed by atoms with Gasteiger partial charge in [0, 0.05) is 25.6 Å². The molecule has 5 nitrogen and oxygen atoms in total. The molecular formula is C16H22ClN3O2. The van der Waals surface area contributed by atoms with Crippen LogP contribution in [0.25, 0.3) is 0 Å². The summed E-state index contributed by atoms with van der Waals surface area (Å²) in [5.41, 5.74) is 1.26. The van der Waals surface area contributed by atoms with E-state index >= 15 is 0 Å². The number of rotatable bonds is 4. The van der Waals surface area contributed by atoms with Crippen molar-refractivity contribution in [2.24, 2.45) is 5.92 Å². The van der Waals surface area contributed by atoms with Gasteiger partial charge in [-0.2, -0.15) is 0 Å². The SMILES string of the molecule is CN(C(=O)C1CC1)c1ccccc1C(=O)NC1CCNC1.Cl. The Balaban J connectivity index is 0.00000176. The quantitative estimate of drug-likeness (QED) is 0.884. The third-order valence-electron chi connectivity index (χ3n) is 4.16. The van der Waals surface area contributed by atoms with Crippen LogP contribution in [0.2, 0.25) is 0 Å². The average molecular weight is 324 g/mol. The van der Waals surface area contributed by atoms with Crippen LogP contribution in [-0.2, 0) is 4.79 Å². The number of carbonyl (C=O) groups is 2. The third-order valence-corrected chi connectivity index (χ3v) is 4.16. The van der Waals surface area contributed by atoms with Crippen molar-refractivity contribution in [1.82, 2.24) is 10.6 Å². The monoisotopic (exact) mass is 323 g/mol. The molecule has 1 aliphatic heterocycles. The van der Waals surface area contributed by atoms with Crippen molar-refractivity contribution in [2.75, 3.05) is 25.0 Å². The van der Waals surface area contributed by atoms with E-state index < -0.39 is 0 Å². The molecule has 2 N–H and O–H groups in total. The normalized spacial score (nSPS) is 20.1. The molecule has 0 bridgehead atoms. The molecule has 2 aliphatic rings. The molecule has 0 aromatic heterocycles. The van der Waals surface area contributed by atoms with Gasteiger partial charge in [-0.1, -0.05) is 12.1 Å². The summed E-state index contributed by atoms with van der Waals surface area (Å²) in [6.07, 6.45) is 2.88. The lowest BCUT2D eigenvalue weighted by molar-refractivity contribution is -0.119. The Morgan fingerprint density at radius 3 is 2.59 bits per heavy atom. The van der Waals surface area contributed by atoms with Crippen molar-refractivity contribution in [3.05, 3.63) is 29.8 Å². The number of hydrogen-bond donors (Lipinski definition) is 2. The van der Waals surface area contributed by atoms with Gasteiger partial charge < -0.3 is 15.5 Å². The zero-order valence-corrected chi connectivity index (χ0v) is 13.5. The van der Waals surface area contributed by atoms with Crippen molar-refractivity contribution in [1.29, 1.82) is 0 Å². The third kappa shape index (κ3) is 3.59. The molecule has 0 radical (unpaired) electrons. The molecule has 2 fully saturated rings. The van der Waals surface area contributed by atoms with Gasteiger partial charge in [0.05, 0.1) is 11.3 Å². The summed E-state index contributed by atoms with van der Waals surface area (Å²) in [7, 11) is 1.75. The minimum absolute atomic E-state index is 0. The Kier molecular flexibility index (Phi) is 5.42. The number of hydrogen-bond acceptors (Lipinski definition) is 3. The summed E-state index contributed by atoms with van der Waals surface area (Å²) in [5.74, 6) is 0.151. The predicted molar refractivity (Wildman–Crippen MR) is 88.6 cm³/mol. The number of carbonyl (C=O) groups excluding carboxylic acids is 2.